The van der Waals surface area contributed by atoms with Crippen molar-refractivity contribution in [3.8, 4) is 0 Å². The summed E-state index contributed by atoms with van der Waals surface area (Å²) in [4.78, 5) is 48.5. The van der Waals surface area contributed by atoms with Crippen molar-refractivity contribution in [3.63, 3.8) is 0 Å². The Morgan fingerprint density at radius 2 is 1.47 bits per heavy atom. The van der Waals surface area contributed by atoms with Crippen LogP contribution in [0, 0.1) is 46.3 Å². The van der Waals surface area contributed by atoms with Crippen LogP contribution in [0.3, 0.4) is 0 Å². The van der Waals surface area contributed by atoms with Crippen molar-refractivity contribution in [2.45, 2.75) is 170 Å². The smallest absolute Gasteiger partial charge is 0.303 e. The first-order valence-electron chi connectivity index (χ1n) is 19.7. The SMILES string of the molecule is CC(=O)OC[C@H]1O[C@@H](O[C@H]2CC[C@@]3(C)C(=CC[C@H]4[C@@H]5CC[C@H]([C@H](C)CCCC(C)C)[C@@]5(C)CC[C@@H]43)C2)[C@H](OC(C)=O)[C@@H](OC(C)=O)[C@@H]1OC(C)=O. The van der Waals surface area contributed by atoms with E-state index in [-0.39, 0.29) is 18.1 Å². The lowest BCUT2D eigenvalue weighted by atomic mass is 9.47. The van der Waals surface area contributed by atoms with Gasteiger partial charge in [-0.15, -0.1) is 0 Å². The molecule has 4 aliphatic carbocycles. The summed E-state index contributed by atoms with van der Waals surface area (Å²) in [5.74, 6) is 2.01. The average molecular weight is 717 g/mol. The van der Waals surface area contributed by atoms with Gasteiger partial charge in [-0.2, -0.15) is 0 Å². The predicted octanol–water partition coefficient (Wildman–Crippen LogP) is 7.50. The van der Waals surface area contributed by atoms with Gasteiger partial charge in [-0.3, -0.25) is 19.2 Å². The number of fused-ring (bicyclic) bond motifs is 5. The molecule has 0 bridgehead atoms. The molecule has 0 unspecified atom stereocenters. The van der Waals surface area contributed by atoms with E-state index in [1.165, 1.54) is 78.2 Å². The van der Waals surface area contributed by atoms with Gasteiger partial charge in [-0.05, 0) is 97.7 Å². The van der Waals surface area contributed by atoms with Crippen molar-refractivity contribution in [2.24, 2.45) is 46.3 Å². The van der Waals surface area contributed by atoms with Crippen molar-refractivity contribution in [3.05, 3.63) is 11.6 Å². The number of carbonyl (C=O) groups is 4. The maximum Gasteiger partial charge on any atom is 0.303 e. The fraction of sp³-hybridized carbons (Fsp3) is 0.854. The topological polar surface area (TPSA) is 124 Å². The first-order chi connectivity index (χ1) is 24.0. The lowest BCUT2D eigenvalue weighted by molar-refractivity contribution is -0.318. The number of hydrogen-bond acceptors (Lipinski definition) is 10. The first-order valence-corrected chi connectivity index (χ1v) is 19.7. The van der Waals surface area contributed by atoms with Gasteiger partial charge in [0.15, 0.2) is 24.6 Å². The molecule has 0 aromatic carbocycles. The molecule has 1 aliphatic heterocycles. The molecule has 13 atom stereocenters. The van der Waals surface area contributed by atoms with Crippen LogP contribution in [0.1, 0.15) is 133 Å². The average Bonchev–Trinajstić information content (AvgIpc) is 3.39. The summed E-state index contributed by atoms with van der Waals surface area (Å²) < 4.78 is 35.0. The quantitative estimate of drug-likeness (QED) is 0.114. The Balaban J connectivity index is 1.32. The Hall–Kier alpha value is -2.46. The minimum atomic E-state index is -1.23. The van der Waals surface area contributed by atoms with Gasteiger partial charge in [-0.1, -0.05) is 65.5 Å². The molecule has 1 heterocycles. The highest BCUT2D eigenvalue weighted by atomic mass is 16.7. The summed E-state index contributed by atoms with van der Waals surface area (Å²) in [5.41, 5.74) is 1.97. The highest BCUT2D eigenvalue weighted by Crippen LogP contribution is 2.67. The number of rotatable bonds is 12. The second-order valence-corrected chi connectivity index (χ2v) is 17.4. The Morgan fingerprint density at radius 1 is 0.804 bits per heavy atom. The molecule has 0 N–H and O–H groups in total. The molecule has 5 rings (SSSR count). The zero-order valence-corrected chi connectivity index (χ0v) is 32.6. The fourth-order valence-corrected chi connectivity index (χ4v) is 11.3. The Morgan fingerprint density at radius 3 is 2.12 bits per heavy atom. The van der Waals surface area contributed by atoms with Crippen LogP contribution in [0.5, 0.6) is 0 Å². The van der Waals surface area contributed by atoms with Gasteiger partial charge in [0.05, 0.1) is 6.10 Å². The van der Waals surface area contributed by atoms with Crippen LogP contribution in [0.4, 0.5) is 0 Å². The third-order valence-corrected chi connectivity index (χ3v) is 13.5. The second-order valence-electron chi connectivity index (χ2n) is 17.4. The molecule has 0 aromatic heterocycles. The monoisotopic (exact) mass is 716 g/mol. The molecular weight excluding hydrogens is 652 g/mol. The number of esters is 4. The normalized spacial score (nSPS) is 39.5. The van der Waals surface area contributed by atoms with Gasteiger partial charge in [0.2, 0.25) is 0 Å². The predicted molar refractivity (Wildman–Crippen MR) is 190 cm³/mol. The lowest BCUT2D eigenvalue weighted by Gasteiger charge is -2.58. The Bertz CT molecular complexity index is 1310. The molecule has 3 saturated carbocycles. The van der Waals surface area contributed by atoms with Crippen LogP contribution in [0.2, 0.25) is 0 Å². The second kappa shape index (κ2) is 16.3. The van der Waals surface area contributed by atoms with Crippen LogP contribution in [-0.2, 0) is 47.6 Å². The number of allylic oxidation sites excluding steroid dienone is 1. The highest BCUT2D eigenvalue weighted by Gasteiger charge is 2.60. The molecule has 10 nitrogen and oxygen atoms in total. The summed E-state index contributed by atoms with van der Waals surface area (Å²) in [6, 6.07) is 0. The van der Waals surface area contributed by atoms with E-state index < -0.39 is 54.6 Å². The maximum absolute atomic E-state index is 12.3. The molecule has 0 radical (unpaired) electrons. The van der Waals surface area contributed by atoms with E-state index >= 15 is 0 Å². The van der Waals surface area contributed by atoms with Crippen LogP contribution in [-0.4, -0.2) is 67.3 Å². The summed E-state index contributed by atoms with van der Waals surface area (Å²) in [5, 5.41) is 0. The van der Waals surface area contributed by atoms with E-state index in [4.69, 9.17) is 28.4 Å². The van der Waals surface area contributed by atoms with E-state index in [1.54, 1.807) is 0 Å². The van der Waals surface area contributed by atoms with E-state index in [0.29, 0.717) is 17.3 Å². The van der Waals surface area contributed by atoms with Crippen LogP contribution < -0.4 is 0 Å². The maximum atomic E-state index is 12.3. The number of ether oxygens (including phenoxy) is 6. The molecule has 0 aromatic rings. The van der Waals surface area contributed by atoms with Gasteiger partial charge in [-0.25, -0.2) is 0 Å². The van der Waals surface area contributed by atoms with Crippen LogP contribution in [0.15, 0.2) is 11.6 Å². The van der Waals surface area contributed by atoms with Crippen molar-refractivity contribution in [2.75, 3.05) is 6.61 Å². The highest BCUT2D eigenvalue weighted by molar-refractivity contribution is 5.68. The molecule has 0 spiro atoms. The summed E-state index contributed by atoms with van der Waals surface area (Å²) in [7, 11) is 0. The zero-order valence-electron chi connectivity index (χ0n) is 32.6. The number of carbonyl (C=O) groups excluding carboxylic acids is 4. The molecule has 51 heavy (non-hydrogen) atoms. The standard InChI is InChI=1S/C41H64O10/c1-23(2)11-10-12-24(3)32-15-16-33-31-14-13-29-21-30(17-19-40(29,8)34(31)18-20-41(32,33)9)50-39-38(49-28(7)45)37(48-27(6)44)36(47-26(5)43)35(51-39)22-46-25(4)42/h13,23-24,30-39H,10-12,14-22H2,1-9H3/t24-,30+,31+,32-,33+,34+,35-,36-,37+,38-,39-,40+,41-/m1/s1. The molecule has 5 aliphatic rings. The van der Waals surface area contributed by atoms with Crippen molar-refractivity contribution in [1.29, 1.82) is 0 Å². The van der Waals surface area contributed by atoms with Gasteiger partial charge in [0.1, 0.15) is 12.7 Å². The molecule has 10 heteroatoms. The Labute approximate surface area is 305 Å². The van der Waals surface area contributed by atoms with E-state index in [0.717, 1.165) is 49.4 Å². The minimum Gasteiger partial charge on any atom is -0.463 e. The van der Waals surface area contributed by atoms with Crippen LogP contribution in [0.25, 0.3) is 0 Å². The van der Waals surface area contributed by atoms with Gasteiger partial charge >= 0.3 is 23.9 Å². The van der Waals surface area contributed by atoms with E-state index in [2.05, 4.69) is 40.7 Å². The Kier molecular flexibility index (Phi) is 12.7. The molecule has 288 valence electrons. The van der Waals surface area contributed by atoms with E-state index in [9.17, 15) is 19.2 Å². The molecule has 0 amide bonds. The minimum absolute atomic E-state index is 0.104. The third-order valence-electron chi connectivity index (χ3n) is 13.5. The fourth-order valence-electron chi connectivity index (χ4n) is 11.3. The summed E-state index contributed by atoms with van der Waals surface area (Å²) >= 11 is 0. The van der Waals surface area contributed by atoms with Gasteiger partial charge in [0, 0.05) is 27.7 Å². The van der Waals surface area contributed by atoms with E-state index in [1.807, 2.05) is 0 Å². The number of hydrogen-bond donors (Lipinski definition) is 0. The molecule has 4 fully saturated rings. The van der Waals surface area contributed by atoms with Gasteiger partial charge < -0.3 is 28.4 Å². The molecule has 1 saturated heterocycles. The lowest BCUT2D eigenvalue weighted by Crippen LogP contribution is -2.63. The van der Waals surface area contributed by atoms with Crippen LogP contribution >= 0.6 is 0 Å². The zero-order chi connectivity index (χ0) is 37.2. The first kappa shape index (κ1) is 39.7. The van der Waals surface area contributed by atoms with Crippen molar-refractivity contribution >= 4 is 23.9 Å². The van der Waals surface area contributed by atoms with Crippen molar-refractivity contribution < 1.29 is 47.6 Å². The third kappa shape index (κ3) is 8.69. The largest absolute Gasteiger partial charge is 0.463 e. The van der Waals surface area contributed by atoms with Crippen molar-refractivity contribution in [1.82, 2.24) is 0 Å². The molecular formula is C41H64O10. The van der Waals surface area contributed by atoms with Gasteiger partial charge in [0.25, 0.3) is 0 Å². The summed E-state index contributed by atoms with van der Waals surface area (Å²) in [6.07, 6.45) is 9.39. The summed E-state index contributed by atoms with van der Waals surface area (Å²) in [6.45, 7) is 17.0.